The standard InChI is InChI=1S/C6H10N2O2/c1-8-5(9)2-3-7-4-6(8)10/h7H,2-4H2,1H3. The number of likely N-dealkylation sites (N-methyl/N-ethyl adjacent to an activating group) is 1. The lowest BCUT2D eigenvalue weighted by Gasteiger charge is -2.09. The molecule has 1 aliphatic heterocycles. The Labute approximate surface area is 59.2 Å². The highest BCUT2D eigenvalue weighted by Crippen LogP contribution is 1.94. The van der Waals surface area contributed by atoms with E-state index in [0.29, 0.717) is 13.0 Å². The molecule has 0 aromatic rings. The Morgan fingerprint density at radius 1 is 1.40 bits per heavy atom. The lowest BCUT2D eigenvalue weighted by Crippen LogP contribution is -2.34. The molecule has 0 spiro atoms. The third kappa shape index (κ3) is 1.33. The summed E-state index contributed by atoms with van der Waals surface area (Å²) in [6.07, 6.45) is 0.419. The second-order valence-corrected chi connectivity index (χ2v) is 2.27. The molecule has 4 heteroatoms. The van der Waals surface area contributed by atoms with Crippen LogP contribution >= 0.6 is 0 Å². The minimum absolute atomic E-state index is 0.102. The number of nitrogens with zero attached hydrogens (tertiary/aromatic N) is 1. The van der Waals surface area contributed by atoms with E-state index in [-0.39, 0.29) is 18.4 Å². The summed E-state index contributed by atoms with van der Waals surface area (Å²) in [5, 5.41) is 2.85. The number of hydrogen-bond donors (Lipinski definition) is 1. The zero-order chi connectivity index (χ0) is 7.56. The van der Waals surface area contributed by atoms with E-state index in [4.69, 9.17) is 0 Å². The minimum Gasteiger partial charge on any atom is -0.308 e. The van der Waals surface area contributed by atoms with E-state index in [1.165, 1.54) is 11.9 Å². The third-order valence-electron chi connectivity index (χ3n) is 1.54. The SMILES string of the molecule is CN1C(=O)CCNCC1=O. The van der Waals surface area contributed by atoms with Crippen LogP contribution in [-0.4, -0.2) is 36.9 Å². The second kappa shape index (κ2) is 2.79. The summed E-state index contributed by atoms with van der Waals surface area (Å²) in [6, 6.07) is 0. The van der Waals surface area contributed by atoms with Gasteiger partial charge < -0.3 is 5.32 Å². The topological polar surface area (TPSA) is 49.4 Å². The van der Waals surface area contributed by atoms with Gasteiger partial charge in [0.05, 0.1) is 6.54 Å². The van der Waals surface area contributed by atoms with E-state index >= 15 is 0 Å². The zero-order valence-electron chi connectivity index (χ0n) is 5.89. The smallest absolute Gasteiger partial charge is 0.242 e. The van der Waals surface area contributed by atoms with Gasteiger partial charge in [0, 0.05) is 20.0 Å². The number of carbonyl (C=O) groups excluding carboxylic acids is 2. The molecule has 1 aliphatic rings. The number of hydrogen-bond acceptors (Lipinski definition) is 3. The highest BCUT2D eigenvalue weighted by molar-refractivity contribution is 5.96. The van der Waals surface area contributed by atoms with E-state index < -0.39 is 0 Å². The molecular weight excluding hydrogens is 132 g/mol. The number of amides is 2. The van der Waals surface area contributed by atoms with Crippen molar-refractivity contribution in [1.82, 2.24) is 10.2 Å². The highest BCUT2D eigenvalue weighted by atomic mass is 16.2. The Hall–Kier alpha value is -0.900. The van der Waals surface area contributed by atoms with Crippen molar-refractivity contribution < 1.29 is 9.59 Å². The molecule has 1 N–H and O–H groups in total. The van der Waals surface area contributed by atoms with Gasteiger partial charge in [-0.15, -0.1) is 0 Å². The molecule has 0 saturated carbocycles. The Morgan fingerprint density at radius 3 is 2.80 bits per heavy atom. The van der Waals surface area contributed by atoms with E-state index in [0.717, 1.165) is 0 Å². The summed E-state index contributed by atoms with van der Waals surface area (Å²) in [4.78, 5) is 22.9. The zero-order valence-corrected chi connectivity index (χ0v) is 5.89. The number of nitrogens with one attached hydrogen (secondary N) is 1. The number of imide groups is 1. The Kier molecular flexibility index (Phi) is 2.01. The molecule has 0 aliphatic carbocycles. The largest absolute Gasteiger partial charge is 0.308 e. The molecule has 4 nitrogen and oxygen atoms in total. The summed E-state index contributed by atoms with van der Waals surface area (Å²) in [7, 11) is 1.51. The van der Waals surface area contributed by atoms with E-state index in [1.54, 1.807) is 0 Å². The van der Waals surface area contributed by atoms with Crippen molar-refractivity contribution >= 4 is 11.8 Å². The molecule has 1 heterocycles. The third-order valence-corrected chi connectivity index (χ3v) is 1.54. The second-order valence-electron chi connectivity index (χ2n) is 2.27. The van der Waals surface area contributed by atoms with Crippen LogP contribution in [0, 0.1) is 0 Å². The molecule has 1 saturated heterocycles. The molecule has 56 valence electrons. The van der Waals surface area contributed by atoms with E-state index in [1.807, 2.05) is 0 Å². The monoisotopic (exact) mass is 142 g/mol. The number of carbonyl (C=O) groups is 2. The van der Waals surface area contributed by atoms with Crippen LogP contribution in [0.2, 0.25) is 0 Å². The van der Waals surface area contributed by atoms with Gasteiger partial charge in [-0.25, -0.2) is 0 Å². The quantitative estimate of drug-likeness (QED) is 0.440. The predicted octanol–water partition coefficient (Wildman–Crippen LogP) is -1.04. The van der Waals surface area contributed by atoms with Crippen molar-refractivity contribution in [3.8, 4) is 0 Å². The Balaban J connectivity index is 2.64. The van der Waals surface area contributed by atoms with Crippen molar-refractivity contribution in [2.24, 2.45) is 0 Å². The fraction of sp³-hybridized carbons (Fsp3) is 0.667. The van der Waals surface area contributed by atoms with Crippen molar-refractivity contribution in [3.05, 3.63) is 0 Å². The number of rotatable bonds is 0. The van der Waals surface area contributed by atoms with Gasteiger partial charge in [-0.1, -0.05) is 0 Å². The summed E-state index contributed by atoms with van der Waals surface area (Å²) >= 11 is 0. The van der Waals surface area contributed by atoms with Gasteiger partial charge in [-0.2, -0.15) is 0 Å². The first-order valence-corrected chi connectivity index (χ1v) is 3.22. The summed E-state index contributed by atoms with van der Waals surface area (Å²) in [6.45, 7) is 0.886. The van der Waals surface area contributed by atoms with Crippen LogP contribution in [0.1, 0.15) is 6.42 Å². The average Bonchev–Trinajstić information content (AvgIpc) is 2.04. The molecule has 2 amide bonds. The highest BCUT2D eigenvalue weighted by Gasteiger charge is 2.18. The van der Waals surface area contributed by atoms with Crippen LogP contribution in [0.4, 0.5) is 0 Å². The summed E-state index contributed by atoms with van der Waals surface area (Å²) in [5.41, 5.74) is 0. The van der Waals surface area contributed by atoms with Crippen molar-refractivity contribution in [2.75, 3.05) is 20.1 Å². The molecular formula is C6H10N2O2. The van der Waals surface area contributed by atoms with Gasteiger partial charge in [0.2, 0.25) is 11.8 Å². The average molecular weight is 142 g/mol. The maximum absolute atomic E-state index is 10.9. The van der Waals surface area contributed by atoms with Crippen LogP contribution in [0.5, 0.6) is 0 Å². The van der Waals surface area contributed by atoms with E-state index in [9.17, 15) is 9.59 Å². The molecule has 0 bridgehead atoms. The molecule has 10 heavy (non-hydrogen) atoms. The lowest BCUT2D eigenvalue weighted by molar-refractivity contribution is -0.141. The predicted molar refractivity (Wildman–Crippen MR) is 35.3 cm³/mol. The first-order chi connectivity index (χ1) is 4.72. The van der Waals surface area contributed by atoms with Gasteiger partial charge in [0.25, 0.3) is 0 Å². The van der Waals surface area contributed by atoms with Crippen molar-refractivity contribution in [1.29, 1.82) is 0 Å². The maximum Gasteiger partial charge on any atom is 0.242 e. The van der Waals surface area contributed by atoms with Crippen LogP contribution in [0.15, 0.2) is 0 Å². The van der Waals surface area contributed by atoms with Crippen LogP contribution < -0.4 is 5.32 Å². The molecule has 1 fully saturated rings. The van der Waals surface area contributed by atoms with Crippen LogP contribution in [0.3, 0.4) is 0 Å². The van der Waals surface area contributed by atoms with E-state index in [2.05, 4.69) is 5.32 Å². The first-order valence-electron chi connectivity index (χ1n) is 3.22. The molecule has 1 rings (SSSR count). The molecule has 0 atom stereocenters. The van der Waals surface area contributed by atoms with Gasteiger partial charge in [0.15, 0.2) is 0 Å². The first kappa shape index (κ1) is 7.21. The Morgan fingerprint density at radius 2 is 2.10 bits per heavy atom. The molecule has 0 radical (unpaired) electrons. The minimum atomic E-state index is -0.150. The van der Waals surface area contributed by atoms with Gasteiger partial charge in [-0.3, -0.25) is 14.5 Å². The maximum atomic E-state index is 10.9. The van der Waals surface area contributed by atoms with Crippen molar-refractivity contribution in [3.63, 3.8) is 0 Å². The van der Waals surface area contributed by atoms with Gasteiger partial charge >= 0.3 is 0 Å². The summed E-state index contributed by atoms with van der Waals surface area (Å²) in [5.74, 6) is -0.252. The lowest BCUT2D eigenvalue weighted by atomic mass is 10.4. The van der Waals surface area contributed by atoms with Crippen molar-refractivity contribution in [2.45, 2.75) is 6.42 Å². The van der Waals surface area contributed by atoms with Crippen LogP contribution in [-0.2, 0) is 9.59 Å². The fourth-order valence-electron chi connectivity index (χ4n) is 0.816. The molecule has 0 aromatic heterocycles. The summed E-state index contributed by atoms with van der Waals surface area (Å²) < 4.78 is 0. The molecule has 0 unspecified atom stereocenters. The van der Waals surface area contributed by atoms with Gasteiger partial charge in [-0.05, 0) is 0 Å². The van der Waals surface area contributed by atoms with Gasteiger partial charge in [0.1, 0.15) is 0 Å². The molecule has 0 aromatic carbocycles. The normalized spacial score (nSPS) is 21.1. The van der Waals surface area contributed by atoms with Crippen LogP contribution in [0.25, 0.3) is 0 Å². The Bertz CT molecular complexity index is 149. The fourth-order valence-corrected chi connectivity index (χ4v) is 0.816.